The van der Waals surface area contributed by atoms with E-state index >= 15 is 0 Å². The van der Waals surface area contributed by atoms with Crippen molar-refractivity contribution in [2.45, 2.75) is 107 Å². The summed E-state index contributed by atoms with van der Waals surface area (Å²) in [6, 6.07) is 0. The van der Waals surface area contributed by atoms with E-state index in [9.17, 15) is 20.4 Å². The summed E-state index contributed by atoms with van der Waals surface area (Å²) in [5, 5.41) is 49.1. The first-order valence-corrected chi connectivity index (χ1v) is 12.7. The minimum Gasteiger partial charge on any atom is -0.394 e. The van der Waals surface area contributed by atoms with Gasteiger partial charge in [0, 0.05) is 0 Å². The third-order valence-electron chi connectivity index (χ3n) is 4.62. The van der Waals surface area contributed by atoms with Crippen LogP contribution in [0.15, 0.2) is 0 Å². The summed E-state index contributed by atoms with van der Waals surface area (Å²) < 4.78 is -0.252. The van der Waals surface area contributed by atoms with Crippen LogP contribution in [0.3, 0.4) is 0 Å². The van der Waals surface area contributed by atoms with E-state index in [1.54, 1.807) is 23.5 Å². The molecule has 0 saturated carbocycles. The lowest BCUT2D eigenvalue weighted by Crippen LogP contribution is -2.48. The predicted octanol–water partition coefficient (Wildman–Crippen LogP) is 3.16. The third kappa shape index (κ3) is 13.4. The molecule has 0 spiro atoms. The van der Waals surface area contributed by atoms with Crippen molar-refractivity contribution in [1.29, 1.82) is 0 Å². The second kappa shape index (κ2) is 18.5. The monoisotopic (exact) mass is 426 g/mol. The molecule has 0 aliphatic carbocycles. The minimum atomic E-state index is -1.55. The maximum Gasteiger partial charge on any atom is 0.111 e. The highest BCUT2D eigenvalue weighted by Crippen LogP contribution is 2.31. The summed E-state index contributed by atoms with van der Waals surface area (Å²) in [5.74, 6) is 1.80. The van der Waals surface area contributed by atoms with E-state index in [2.05, 4.69) is 13.8 Å². The van der Waals surface area contributed by atoms with E-state index < -0.39 is 31.0 Å². The zero-order chi connectivity index (χ0) is 20.5. The Kier molecular flexibility index (Phi) is 18.9. The van der Waals surface area contributed by atoms with E-state index in [1.807, 2.05) is 0 Å². The first-order valence-electron chi connectivity index (χ1n) is 10.6. The van der Waals surface area contributed by atoms with Crippen LogP contribution in [0.4, 0.5) is 0 Å². The lowest BCUT2D eigenvalue weighted by molar-refractivity contribution is -0.111. The second-order valence-electron chi connectivity index (χ2n) is 7.16. The Morgan fingerprint density at radius 3 is 1.44 bits per heavy atom. The van der Waals surface area contributed by atoms with Crippen LogP contribution >= 0.6 is 23.5 Å². The Balaban J connectivity index is 4.46. The number of unbranched alkanes of at least 4 members (excludes halogenated alkanes) is 8. The van der Waals surface area contributed by atoms with Crippen molar-refractivity contribution in [2.75, 3.05) is 18.1 Å². The molecule has 0 aromatic rings. The van der Waals surface area contributed by atoms with Gasteiger partial charge in [-0.05, 0) is 24.3 Å². The smallest absolute Gasteiger partial charge is 0.111 e. The minimum absolute atomic E-state index is 0.252. The highest BCUT2D eigenvalue weighted by atomic mass is 32.2. The zero-order valence-electron chi connectivity index (χ0n) is 17.1. The largest absolute Gasteiger partial charge is 0.394 e. The van der Waals surface area contributed by atoms with Gasteiger partial charge in [0.2, 0.25) is 0 Å². The van der Waals surface area contributed by atoms with Crippen molar-refractivity contribution in [3.63, 3.8) is 0 Å². The number of thioether (sulfide) groups is 2. The Morgan fingerprint density at radius 1 is 0.593 bits per heavy atom. The second-order valence-corrected chi connectivity index (χ2v) is 9.96. The normalized spacial score (nSPS) is 16.4. The molecule has 0 amide bonds. The molecular weight excluding hydrogens is 384 g/mol. The maximum absolute atomic E-state index is 10.5. The molecular formula is C20H42O5S2. The molecule has 0 saturated heterocycles. The molecule has 0 fully saturated rings. The number of hydrogen-bond acceptors (Lipinski definition) is 7. The van der Waals surface area contributed by atoms with Crippen LogP contribution in [-0.4, -0.2) is 72.6 Å². The summed E-state index contributed by atoms with van der Waals surface area (Å²) in [5.41, 5.74) is 0. The van der Waals surface area contributed by atoms with Gasteiger partial charge in [-0.15, -0.1) is 23.5 Å². The van der Waals surface area contributed by atoms with E-state index in [0.717, 1.165) is 24.3 Å². The molecule has 0 aromatic carbocycles. The first-order chi connectivity index (χ1) is 13.0. The molecule has 27 heavy (non-hydrogen) atoms. The van der Waals surface area contributed by atoms with Crippen LogP contribution in [0.2, 0.25) is 0 Å². The third-order valence-corrected chi connectivity index (χ3v) is 7.70. The average Bonchev–Trinajstić information content (AvgIpc) is 2.69. The molecule has 0 aliphatic rings. The van der Waals surface area contributed by atoms with Crippen molar-refractivity contribution < 1.29 is 25.5 Å². The lowest BCUT2D eigenvalue weighted by Gasteiger charge is -2.30. The van der Waals surface area contributed by atoms with Crippen molar-refractivity contribution >= 4 is 23.5 Å². The molecule has 0 aromatic heterocycles. The predicted molar refractivity (Wildman–Crippen MR) is 117 cm³/mol. The number of aliphatic hydroxyl groups excluding tert-OH is 5. The van der Waals surface area contributed by atoms with E-state index in [4.69, 9.17) is 5.11 Å². The van der Waals surface area contributed by atoms with E-state index in [-0.39, 0.29) is 4.58 Å². The standard InChI is InChI=1S/C20H42O5S2/c1-3-5-7-9-11-13-26-20(27-14-12-10-8-6-4-2)19(25)18(24)17(23)16(22)15-21/h16-25H,3-15H2,1-2H3/t16-,17-,18+,19-/m1/s1. The fourth-order valence-corrected chi connectivity index (χ4v) is 5.64. The summed E-state index contributed by atoms with van der Waals surface area (Å²) in [6.45, 7) is 3.72. The molecule has 0 unspecified atom stereocenters. The first kappa shape index (κ1) is 27.5. The number of rotatable bonds is 19. The molecule has 164 valence electrons. The highest BCUT2D eigenvalue weighted by Gasteiger charge is 2.35. The topological polar surface area (TPSA) is 101 Å². The lowest BCUT2D eigenvalue weighted by atomic mass is 10.0. The van der Waals surface area contributed by atoms with Crippen LogP contribution in [0.1, 0.15) is 78.1 Å². The SMILES string of the molecule is CCCCCCCSC(SCCCCCCC)[C@H](O)[C@@H](O)[C@H](O)[C@H](O)CO. The molecule has 5 nitrogen and oxygen atoms in total. The average molecular weight is 427 g/mol. The van der Waals surface area contributed by atoms with Gasteiger partial charge in [-0.1, -0.05) is 65.2 Å². The van der Waals surface area contributed by atoms with Crippen LogP contribution in [0, 0.1) is 0 Å². The van der Waals surface area contributed by atoms with Crippen molar-refractivity contribution in [3.05, 3.63) is 0 Å². The summed E-state index contributed by atoms with van der Waals surface area (Å²) in [6.07, 6.45) is 6.19. The van der Waals surface area contributed by atoms with Gasteiger partial charge < -0.3 is 25.5 Å². The molecule has 0 bridgehead atoms. The van der Waals surface area contributed by atoms with Gasteiger partial charge in [0.15, 0.2) is 0 Å². The van der Waals surface area contributed by atoms with Crippen LogP contribution < -0.4 is 0 Å². The van der Waals surface area contributed by atoms with Gasteiger partial charge in [0.1, 0.15) is 24.4 Å². The summed E-state index contributed by atoms with van der Waals surface area (Å²) in [4.78, 5) is 0. The van der Waals surface area contributed by atoms with Gasteiger partial charge in [0.05, 0.1) is 11.2 Å². The molecule has 4 atom stereocenters. The van der Waals surface area contributed by atoms with Gasteiger partial charge >= 0.3 is 0 Å². The Morgan fingerprint density at radius 2 is 1.04 bits per heavy atom. The van der Waals surface area contributed by atoms with E-state index in [0.29, 0.717) is 0 Å². The van der Waals surface area contributed by atoms with Crippen LogP contribution in [-0.2, 0) is 0 Å². The number of aliphatic hydroxyl groups is 5. The molecule has 5 N–H and O–H groups in total. The van der Waals surface area contributed by atoms with Gasteiger partial charge in [-0.25, -0.2) is 0 Å². The summed E-state index contributed by atoms with van der Waals surface area (Å²) >= 11 is 3.24. The van der Waals surface area contributed by atoms with Crippen molar-refractivity contribution in [3.8, 4) is 0 Å². The van der Waals surface area contributed by atoms with Gasteiger partial charge in [0.25, 0.3) is 0 Å². The van der Waals surface area contributed by atoms with Crippen LogP contribution in [0.25, 0.3) is 0 Å². The zero-order valence-corrected chi connectivity index (χ0v) is 18.8. The Labute approximate surface area is 174 Å². The van der Waals surface area contributed by atoms with Gasteiger partial charge in [-0.3, -0.25) is 0 Å². The van der Waals surface area contributed by atoms with Crippen molar-refractivity contribution in [1.82, 2.24) is 0 Å². The summed E-state index contributed by atoms with van der Waals surface area (Å²) in [7, 11) is 0. The van der Waals surface area contributed by atoms with E-state index in [1.165, 1.54) is 51.4 Å². The fraction of sp³-hybridized carbons (Fsp3) is 1.00. The van der Waals surface area contributed by atoms with Crippen LogP contribution in [0.5, 0.6) is 0 Å². The Hall–Kier alpha value is 0.500. The Bertz CT molecular complexity index is 307. The molecule has 7 heteroatoms. The highest BCUT2D eigenvalue weighted by molar-refractivity contribution is 8.17. The molecule has 0 aliphatic heterocycles. The molecule has 0 rings (SSSR count). The quantitative estimate of drug-likeness (QED) is 0.160. The maximum atomic E-state index is 10.5. The molecule has 0 heterocycles. The van der Waals surface area contributed by atoms with Crippen molar-refractivity contribution in [2.24, 2.45) is 0 Å². The number of hydrogen-bond donors (Lipinski definition) is 5. The fourth-order valence-electron chi connectivity index (χ4n) is 2.75. The van der Waals surface area contributed by atoms with Gasteiger partial charge in [-0.2, -0.15) is 0 Å². The molecule has 0 radical (unpaired) electrons.